The molecule has 0 atom stereocenters. The molecule has 0 amide bonds. The monoisotopic (exact) mass is 302 g/mol. The van der Waals surface area contributed by atoms with Gasteiger partial charge in [0.1, 0.15) is 0 Å². The SMILES string of the molecule is C.C/C=C/[C-]=O.CC#CCC.CCOC.[Y]. The summed E-state index contributed by atoms with van der Waals surface area (Å²) in [4.78, 5) is 9.19. The Kier molecular flexibility index (Phi) is 85.3. The van der Waals surface area contributed by atoms with E-state index in [-0.39, 0.29) is 40.1 Å². The fraction of sp³-hybridized carbons (Fsp3) is 0.615. The van der Waals surface area contributed by atoms with E-state index in [1.54, 1.807) is 26.4 Å². The standard InChI is InChI=1S/C5H8.C4H5O.C3H8O.CH4.Y/c1-3-5-4-2;1-2-3-4-5;1-3-4-2;;/h3H2,1-2H3;2-3H,1H3;3H2,1-2H3;1H4;/q;-1;;;/b;3-2+;;;. The Morgan fingerprint density at radius 1 is 1.38 bits per heavy atom. The molecule has 0 saturated carbocycles. The van der Waals surface area contributed by atoms with Crippen LogP contribution in [0.3, 0.4) is 0 Å². The van der Waals surface area contributed by atoms with Gasteiger partial charge in [0.25, 0.3) is 0 Å². The molecule has 0 N–H and O–H groups in total. The molecular weight excluding hydrogens is 277 g/mol. The van der Waals surface area contributed by atoms with Crippen molar-refractivity contribution in [1.82, 2.24) is 0 Å². The van der Waals surface area contributed by atoms with Crippen molar-refractivity contribution in [1.29, 1.82) is 0 Å². The minimum atomic E-state index is 0. The van der Waals surface area contributed by atoms with Gasteiger partial charge in [-0.2, -0.15) is 6.08 Å². The summed E-state index contributed by atoms with van der Waals surface area (Å²) in [7, 11) is 1.68. The van der Waals surface area contributed by atoms with Crippen LogP contribution < -0.4 is 0 Å². The molecule has 0 aromatic carbocycles. The molecule has 16 heavy (non-hydrogen) atoms. The van der Waals surface area contributed by atoms with Crippen LogP contribution in [0.25, 0.3) is 0 Å². The molecule has 2 nitrogen and oxygen atoms in total. The van der Waals surface area contributed by atoms with Crippen LogP contribution in [0.1, 0.15) is 41.5 Å². The van der Waals surface area contributed by atoms with Crippen LogP contribution in [-0.2, 0) is 42.2 Å². The van der Waals surface area contributed by atoms with Crippen molar-refractivity contribution in [3.8, 4) is 11.8 Å². The Balaban J connectivity index is -0.0000000358. The van der Waals surface area contributed by atoms with Crippen LogP contribution in [-0.4, -0.2) is 20.0 Å². The molecule has 0 unspecified atom stereocenters. The van der Waals surface area contributed by atoms with Gasteiger partial charge in [0.05, 0.1) is 0 Å². The number of methoxy groups -OCH3 is 1. The molecule has 0 rings (SSSR count). The molecule has 1 radical (unpaired) electrons. The van der Waals surface area contributed by atoms with Crippen LogP contribution in [0.2, 0.25) is 0 Å². The molecule has 0 fully saturated rings. The van der Waals surface area contributed by atoms with Gasteiger partial charge in [-0.1, -0.05) is 14.4 Å². The van der Waals surface area contributed by atoms with Gasteiger partial charge in [0.15, 0.2) is 0 Å². The van der Waals surface area contributed by atoms with Crippen molar-refractivity contribution in [3.63, 3.8) is 0 Å². The van der Waals surface area contributed by atoms with E-state index in [2.05, 4.69) is 16.6 Å². The zero-order chi connectivity index (χ0) is 11.7. The van der Waals surface area contributed by atoms with Gasteiger partial charge >= 0.3 is 0 Å². The first kappa shape index (κ1) is 29.8. The third kappa shape index (κ3) is 94.1. The average molecular weight is 302 g/mol. The predicted molar refractivity (Wildman–Crippen MR) is 68.5 cm³/mol. The second-order valence-corrected chi connectivity index (χ2v) is 1.98. The molecular formula is C13H25O2Y-. The first-order chi connectivity index (χ1) is 6.74. The first-order valence-corrected chi connectivity index (χ1v) is 4.62. The normalized spacial score (nSPS) is 6.31. The molecule has 0 bridgehead atoms. The number of allylic oxidation sites excluding steroid dienone is 2. The third-order valence-corrected chi connectivity index (χ3v) is 0.877. The molecule has 0 saturated heterocycles. The summed E-state index contributed by atoms with van der Waals surface area (Å²) in [6.45, 7) is 8.44. The van der Waals surface area contributed by atoms with Crippen molar-refractivity contribution < 1.29 is 42.2 Å². The molecule has 0 aliphatic carbocycles. The molecule has 0 aliphatic rings. The summed E-state index contributed by atoms with van der Waals surface area (Å²) >= 11 is 0. The van der Waals surface area contributed by atoms with Gasteiger partial charge in [-0.05, 0) is 20.1 Å². The van der Waals surface area contributed by atoms with E-state index in [9.17, 15) is 4.79 Å². The van der Waals surface area contributed by atoms with Gasteiger partial charge in [-0.25, -0.2) is 6.08 Å². The summed E-state index contributed by atoms with van der Waals surface area (Å²) in [6, 6.07) is 0. The molecule has 93 valence electrons. The van der Waals surface area contributed by atoms with Crippen LogP contribution in [0.15, 0.2) is 12.2 Å². The summed E-state index contributed by atoms with van der Waals surface area (Å²) in [5, 5.41) is 0. The number of hydrogen-bond acceptors (Lipinski definition) is 2. The molecule has 3 heteroatoms. The zero-order valence-corrected chi connectivity index (χ0v) is 13.3. The Labute approximate surface area is 127 Å². The van der Waals surface area contributed by atoms with Gasteiger partial charge in [-0.15, -0.1) is 18.8 Å². The van der Waals surface area contributed by atoms with E-state index in [0.29, 0.717) is 0 Å². The average Bonchev–Trinajstić information content (AvgIpc) is 2.22. The minimum absolute atomic E-state index is 0. The number of rotatable bonds is 2. The second-order valence-electron chi connectivity index (χ2n) is 1.98. The van der Waals surface area contributed by atoms with Crippen molar-refractivity contribution in [3.05, 3.63) is 12.2 Å². The molecule has 0 aromatic heterocycles. The van der Waals surface area contributed by atoms with Crippen LogP contribution in [0, 0.1) is 11.8 Å². The summed E-state index contributed by atoms with van der Waals surface area (Å²) in [5.41, 5.74) is 0. The number of ether oxygens (including phenoxy) is 1. The smallest absolute Gasteiger partial charge is 0.0433 e. The number of hydrogen-bond donors (Lipinski definition) is 0. The Hall–Kier alpha value is 0.0339. The maximum Gasteiger partial charge on any atom is 0.0433 e. The third-order valence-electron chi connectivity index (χ3n) is 0.877. The maximum absolute atomic E-state index is 9.19. The second kappa shape index (κ2) is 45.9. The summed E-state index contributed by atoms with van der Waals surface area (Å²) in [6.07, 6.45) is 5.52. The van der Waals surface area contributed by atoms with Crippen molar-refractivity contribution in [2.75, 3.05) is 13.7 Å². The minimum Gasteiger partial charge on any atom is -0.419 e. The van der Waals surface area contributed by atoms with Gasteiger partial charge in [-0.3, -0.25) is 0 Å². The summed E-state index contributed by atoms with van der Waals surface area (Å²) < 4.78 is 4.54. The van der Waals surface area contributed by atoms with Gasteiger partial charge < -0.3 is 9.53 Å². The Bertz CT molecular complexity index is 165. The van der Waals surface area contributed by atoms with E-state index in [4.69, 9.17) is 0 Å². The van der Waals surface area contributed by atoms with E-state index in [1.165, 1.54) is 6.08 Å². The van der Waals surface area contributed by atoms with E-state index < -0.39 is 0 Å². The van der Waals surface area contributed by atoms with Crippen molar-refractivity contribution >= 4 is 6.29 Å². The molecule has 0 heterocycles. The molecule has 0 spiro atoms. The fourth-order valence-corrected chi connectivity index (χ4v) is 0.245. The van der Waals surface area contributed by atoms with Gasteiger partial charge in [0, 0.05) is 52.8 Å². The van der Waals surface area contributed by atoms with Crippen LogP contribution in [0.4, 0.5) is 0 Å². The summed E-state index contributed by atoms with van der Waals surface area (Å²) in [5.74, 6) is 5.63. The quantitative estimate of drug-likeness (QED) is 0.444. The topological polar surface area (TPSA) is 26.3 Å². The van der Waals surface area contributed by atoms with Crippen molar-refractivity contribution in [2.45, 2.75) is 41.5 Å². The number of carbonyl (C=O) groups excluding carboxylic acids is 1. The molecule has 0 aromatic rings. The fourth-order valence-electron chi connectivity index (χ4n) is 0.245. The van der Waals surface area contributed by atoms with E-state index in [1.807, 2.05) is 20.8 Å². The first-order valence-electron chi connectivity index (χ1n) is 4.62. The Morgan fingerprint density at radius 3 is 1.81 bits per heavy atom. The largest absolute Gasteiger partial charge is 0.419 e. The van der Waals surface area contributed by atoms with Gasteiger partial charge in [0.2, 0.25) is 0 Å². The maximum atomic E-state index is 9.19. The van der Waals surface area contributed by atoms with E-state index >= 15 is 0 Å². The van der Waals surface area contributed by atoms with Crippen LogP contribution >= 0.6 is 0 Å². The predicted octanol–water partition coefficient (Wildman–Crippen LogP) is 3.38. The van der Waals surface area contributed by atoms with Crippen LogP contribution in [0.5, 0.6) is 0 Å². The van der Waals surface area contributed by atoms with Crippen molar-refractivity contribution in [2.24, 2.45) is 0 Å². The zero-order valence-electron chi connectivity index (χ0n) is 10.5. The van der Waals surface area contributed by atoms with E-state index in [0.717, 1.165) is 13.0 Å². The molecule has 0 aliphatic heterocycles. The Morgan fingerprint density at radius 2 is 1.81 bits per heavy atom.